The van der Waals surface area contributed by atoms with E-state index in [1.54, 1.807) is 13.2 Å². The number of methoxy groups -OCH3 is 1. The van der Waals surface area contributed by atoms with Gasteiger partial charge in [0.1, 0.15) is 16.3 Å². The van der Waals surface area contributed by atoms with Crippen LogP contribution in [0, 0.1) is 18.7 Å². The lowest BCUT2D eigenvalue weighted by molar-refractivity contribution is 0.416. The highest BCUT2D eigenvalue weighted by atomic mass is 32.1. The lowest BCUT2D eigenvalue weighted by Gasteiger charge is -2.21. The molecular weight excluding hydrogens is 411 g/mol. The zero-order valence-electron chi connectivity index (χ0n) is 18.4. The lowest BCUT2D eigenvalue weighted by atomic mass is 9.87. The topological polar surface area (TPSA) is 54.1 Å². The fraction of sp³-hybridized carbons (Fsp3) is 0.320. The number of nitrogens with one attached hydrogen (secondary N) is 2. The first-order chi connectivity index (χ1) is 14.9. The van der Waals surface area contributed by atoms with Crippen molar-refractivity contribution in [3.05, 3.63) is 63.0 Å². The van der Waals surface area contributed by atoms with Crippen molar-refractivity contribution in [2.45, 2.75) is 26.7 Å². The minimum absolute atomic E-state index is 0.0816. The Labute approximate surface area is 185 Å². The van der Waals surface area contributed by atoms with E-state index in [0.29, 0.717) is 21.9 Å². The molecule has 6 heteroatoms. The van der Waals surface area contributed by atoms with Gasteiger partial charge < -0.3 is 15.0 Å². The number of ether oxygens (including phenoxy) is 1. The molecule has 4 aromatic rings. The molecule has 0 fully saturated rings. The molecule has 2 unspecified atom stereocenters. The third-order valence-electron chi connectivity index (χ3n) is 6.25. The van der Waals surface area contributed by atoms with Crippen LogP contribution >= 0.6 is 11.3 Å². The summed E-state index contributed by atoms with van der Waals surface area (Å²) in [7, 11) is 3.53. The van der Waals surface area contributed by atoms with Crippen LogP contribution in [0.2, 0.25) is 0 Å². The predicted octanol–water partition coefficient (Wildman–Crippen LogP) is 5.82. The van der Waals surface area contributed by atoms with Gasteiger partial charge in [0, 0.05) is 16.3 Å². The molecule has 31 heavy (non-hydrogen) atoms. The van der Waals surface area contributed by atoms with Gasteiger partial charge in [-0.25, -0.2) is 4.39 Å². The first kappa shape index (κ1) is 21.5. The fourth-order valence-corrected chi connectivity index (χ4v) is 5.17. The number of fused-ring (bicyclic) bond motifs is 3. The van der Waals surface area contributed by atoms with Crippen LogP contribution < -0.4 is 15.6 Å². The number of aryl methyl sites for hydroxylation is 1. The van der Waals surface area contributed by atoms with Gasteiger partial charge in [-0.05, 0) is 72.6 Å². The minimum atomic E-state index is -0.227. The molecule has 0 saturated carbocycles. The Kier molecular flexibility index (Phi) is 5.86. The molecule has 0 aliphatic carbocycles. The zero-order valence-corrected chi connectivity index (χ0v) is 19.2. The molecule has 2 aromatic carbocycles. The van der Waals surface area contributed by atoms with E-state index < -0.39 is 0 Å². The van der Waals surface area contributed by atoms with Gasteiger partial charge in [-0.1, -0.05) is 26.0 Å². The Morgan fingerprint density at radius 3 is 2.68 bits per heavy atom. The smallest absolute Gasteiger partial charge is 0.266 e. The van der Waals surface area contributed by atoms with Gasteiger partial charge >= 0.3 is 0 Å². The van der Waals surface area contributed by atoms with Crippen LogP contribution in [0.4, 0.5) is 4.39 Å². The molecule has 0 spiro atoms. The number of aromatic nitrogens is 1. The van der Waals surface area contributed by atoms with E-state index in [1.165, 1.54) is 11.3 Å². The van der Waals surface area contributed by atoms with Crippen molar-refractivity contribution in [3.63, 3.8) is 0 Å². The number of hydrogen-bond donors (Lipinski definition) is 2. The summed E-state index contributed by atoms with van der Waals surface area (Å²) in [5.74, 6) is 0.816. The highest BCUT2D eigenvalue weighted by Gasteiger charge is 2.21. The van der Waals surface area contributed by atoms with Crippen LogP contribution in [0.25, 0.3) is 32.1 Å². The van der Waals surface area contributed by atoms with Crippen LogP contribution in [0.15, 0.2) is 40.5 Å². The Morgan fingerprint density at radius 1 is 1.23 bits per heavy atom. The van der Waals surface area contributed by atoms with Crippen LogP contribution in [0.5, 0.6) is 5.75 Å². The van der Waals surface area contributed by atoms with Crippen LogP contribution in [0.1, 0.15) is 30.9 Å². The Hall–Kier alpha value is -2.70. The van der Waals surface area contributed by atoms with Crippen LogP contribution in [0.3, 0.4) is 0 Å². The maximum atomic E-state index is 15.3. The number of thiophene rings is 1. The largest absolute Gasteiger partial charge is 0.496 e. The Balaban J connectivity index is 1.98. The molecule has 2 aromatic heterocycles. The van der Waals surface area contributed by atoms with Gasteiger partial charge in [0.05, 0.1) is 12.6 Å². The molecule has 162 valence electrons. The monoisotopic (exact) mass is 438 g/mol. The van der Waals surface area contributed by atoms with Crippen molar-refractivity contribution in [2.24, 2.45) is 5.92 Å². The SMILES string of the molecule is CNCC(C)C(C)c1ccc(-c2c(OC)cc(C)c3[nH]c(=O)c4sccc4c23)cc1F. The maximum Gasteiger partial charge on any atom is 0.266 e. The van der Waals surface area contributed by atoms with Crippen LogP contribution in [-0.2, 0) is 0 Å². The van der Waals surface area contributed by atoms with Crippen molar-refractivity contribution in [1.82, 2.24) is 10.3 Å². The van der Waals surface area contributed by atoms with Gasteiger partial charge in [-0.2, -0.15) is 0 Å². The molecule has 0 amide bonds. The van der Waals surface area contributed by atoms with E-state index in [-0.39, 0.29) is 17.3 Å². The summed E-state index contributed by atoms with van der Waals surface area (Å²) in [6.45, 7) is 6.94. The molecule has 0 bridgehead atoms. The fourth-order valence-electron chi connectivity index (χ4n) is 4.37. The summed E-state index contributed by atoms with van der Waals surface area (Å²) in [6, 6.07) is 9.27. The molecular formula is C25H27FN2O2S. The van der Waals surface area contributed by atoms with E-state index in [1.807, 2.05) is 43.6 Å². The summed E-state index contributed by atoms with van der Waals surface area (Å²) in [5, 5.41) is 6.82. The third-order valence-corrected chi connectivity index (χ3v) is 7.16. The van der Waals surface area contributed by atoms with Crippen molar-refractivity contribution < 1.29 is 9.13 Å². The zero-order chi connectivity index (χ0) is 22.3. The predicted molar refractivity (Wildman–Crippen MR) is 128 cm³/mol. The van der Waals surface area contributed by atoms with E-state index >= 15 is 4.39 Å². The molecule has 2 atom stereocenters. The third kappa shape index (κ3) is 3.64. The second-order valence-electron chi connectivity index (χ2n) is 8.20. The molecule has 4 rings (SSSR count). The van der Waals surface area contributed by atoms with Crippen LogP contribution in [-0.4, -0.2) is 25.7 Å². The number of aromatic amines is 1. The Morgan fingerprint density at radius 2 is 2.00 bits per heavy atom. The summed E-state index contributed by atoms with van der Waals surface area (Å²) >= 11 is 1.40. The number of halogens is 1. The summed E-state index contributed by atoms with van der Waals surface area (Å²) in [5.41, 5.74) is 3.79. The molecule has 2 N–H and O–H groups in total. The number of H-pyrrole nitrogens is 1. The first-order valence-electron chi connectivity index (χ1n) is 10.4. The summed E-state index contributed by atoms with van der Waals surface area (Å²) in [4.78, 5) is 15.6. The summed E-state index contributed by atoms with van der Waals surface area (Å²) < 4.78 is 21.7. The average Bonchev–Trinajstić information content (AvgIpc) is 3.24. The minimum Gasteiger partial charge on any atom is -0.496 e. The second kappa shape index (κ2) is 8.44. The van der Waals surface area contributed by atoms with Crippen molar-refractivity contribution in [1.29, 1.82) is 0 Å². The molecule has 2 heterocycles. The van der Waals surface area contributed by atoms with E-state index in [4.69, 9.17) is 4.74 Å². The second-order valence-corrected chi connectivity index (χ2v) is 9.11. The standard InChI is InChI=1S/C25H27FN2O2S/c1-13-10-20(30-5)21(22-18-8-9-31-24(18)25(29)28-23(13)22)16-6-7-17(19(26)11-16)15(3)14(2)12-27-4/h6-11,14-15,27H,12H2,1-5H3,(H,28,29). The first-order valence-corrected chi connectivity index (χ1v) is 11.3. The average molecular weight is 439 g/mol. The van der Waals surface area contributed by atoms with Crippen molar-refractivity contribution >= 4 is 32.3 Å². The number of rotatable bonds is 6. The lowest BCUT2D eigenvalue weighted by Crippen LogP contribution is -2.21. The number of hydrogen-bond acceptors (Lipinski definition) is 4. The molecule has 0 aliphatic heterocycles. The van der Waals surface area contributed by atoms with Gasteiger partial charge in [-0.3, -0.25) is 4.79 Å². The van der Waals surface area contributed by atoms with Gasteiger partial charge in [0.2, 0.25) is 0 Å². The number of pyridine rings is 1. The normalized spacial score (nSPS) is 13.6. The highest BCUT2D eigenvalue weighted by molar-refractivity contribution is 7.17. The quantitative estimate of drug-likeness (QED) is 0.399. The Bertz CT molecular complexity index is 1320. The van der Waals surface area contributed by atoms with Gasteiger partial charge in [0.15, 0.2) is 0 Å². The van der Waals surface area contributed by atoms with E-state index in [0.717, 1.165) is 39.5 Å². The van der Waals surface area contributed by atoms with Crippen molar-refractivity contribution in [2.75, 3.05) is 20.7 Å². The van der Waals surface area contributed by atoms with Gasteiger partial charge in [-0.15, -0.1) is 11.3 Å². The van der Waals surface area contributed by atoms with Crippen molar-refractivity contribution in [3.8, 4) is 16.9 Å². The van der Waals surface area contributed by atoms with E-state index in [9.17, 15) is 4.79 Å². The molecule has 0 aliphatic rings. The van der Waals surface area contributed by atoms with Gasteiger partial charge in [0.25, 0.3) is 5.56 Å². The highest BCUT2D eigenvalue weighted by Crippen LogP contribution is 2.42. The molecule has 0 saturated heterocycles. The number of benzene rings is 2. The maximum absolute atomic E-state index is 15.3. The summed E-state index contributed by atoms with van der Waals surface area (Å²) in [6.07, 6.45) is 0. The van der Waals surface area contributed by atoms with E-state index in [2.05, 4.69) is 24.1 Å². The molecule has 0 radical (unpaired) electrons. The molecule has 4 nitrogen and oxygen atoms in total.